The van der Waals surface area contributed by atoms with Gasteiger partial charge in [0, 0.05) is 5.02 Å². The lowest BCUT2D eigenvalue weighted by Gasteiger charge is -2.04. The largest absolute Gasteiger partial charge is 0.506 e. The van der Waals surface area contributed by atoms with E-state index in [1.807, 2.05) is 5.32 Å². The number of carboxylic acid groups (broad SMARTS) is 1. The summed E-state index contributed by atoms with van der Waals surface area (Å²) in [6, 6.07) is 3.91. The summed E-state index contributed by atoms with van der Waals surface area (Å²) >= 11 is 5.57. The number of nitrogens with one attached hydrogen (secondary N) is 1. The van der Waals surface area contributed by atoms with E-state index in [-0.39, 0.29) is 16.5 Å². The van der Waals surface area contributed by atoms with Crippen molar-refractivity contribution in [1.29, 1.82) is 0 Å². The number of carbonyl (C=O) groups excluding carboxylic acids is 1. The zero-order valence-corrected chi connectivity index (χ0v) is 7.58. The van der Waals surface area contributed by atoms with Crippen LogP contribution in [0.1, 0.15) is 0 Å². The lowest BCUT2D eigenvalue weighted by atomic mass is 10.3. The van der Waals surface area contributed by atoms with E-state index < -0.39 is 11.9 Å². The summed E-state index contributed by atoms with van der Waals surface area (Å²) in [4.78, 5) is 20.9. The quantitative estimate of drug-likeness (QED) is 0.483. The number of amides is 1. The van der Waals surface area contributed by atoms with Crippen molar-refractivity contribution in [2.45, 2.75) is 0 Å². The predicted octanol–water partition coefficient (Wildman–Crippen LogP) is 1.07. The summed E-state index contributed by atoms with van der Waals surface area (Å²) in [6.07, 6.45) is 0. The molecule has 3 N–H and O–H groups in total. The van der Waals surface area contributed by atoms with Crippen LogP contribution in [0, 0.1) is 0 Å². The Labute approximate surface area is 83.9 Å². The van der Waals surface area contributed by atoms with Gasteiger partial charge in [0.05, 0.1) is 5.69 Å². The standard InChI is InChI=1S/C8H6ClNO4/c9-4-1-2-6(11)5(3-4)10-7(12)8(13)14/h1-3,11H,(H,10,12)(H,13,14). The minimum Gasteiger partial charge on any atom is -0.506 e. The summed E-state index contributed by atoms with van der Waals surface area (Å²) in [6.45, 7) is 0. The van der Waals surface area contributed by atoms with Crippen molar-refractivity contribution < 1.29 is 19.8 Å². The van der Waals surface area contributed by atoms with Crippen LogP contribution in [0.25, 0.3) is 0 Å². The molecule has 0 bridgehead atoms. The first kappa shape index (κ1) is 10.3. The van der Waals surface area contributed by atoms with Gasteiger partial charge >= 0.3 is 11.9 Å². The van der Waals surface area contributed by atoms with E-state index in [1.54, 1.807) is 0 Å². The van der Waals surface area contributed by atoms with Gasteiger partial charge in [0.25, 0.3) is 0 Å². The highest BCUT2D eigenvalue weighted by molar-refractivity contribution is 6.37. The van der Waals surface area contributed by atoms with Crippen LogP contribution in [0.15, 0.2) is 18.2 Å². The normalized spacial score (nSPS) is 9.50. The summed E-state index contributed by atoms with van der Waals surface area (Å²) < 4.78 is 0. The van der Waals surface area contributed by atoms with E-state index in [9.17, 15) is 14.7 Å². The van der Waals surface area contributed by atoms with Crippen molar-refractivity contribution in [2.24, 2.45) is 0 Å². The van der Waals surface area contributed by atoms with Crippen molar-refractivity contribution in [3.05, 3.63) is 23.2 Å². The smallest absolute Gasteiger partial charge is 0.394 e. The number of benzene rings is 1. The molecule has 6 heteroatoms. The van der Waals surface area contributed by atoms with Crippen LogP contribution >= 0.6 is 11.6 Å². The van der Waals surface area contributed by atoms with E-state index in [2.05, 4.69) is 0 Å². The lowest BCUT2D eigenvalue weighted by molar-refractivity contribution is -0.147. The molecule has 0 saturated heterocycles. The average Bonchev–Trinajstić information content (AvgIpc) is 2.11. The molecule has 1 amide bonds. The molecule has 0 aromatic heterocycles. The van der Waals surface area contributed by atoms with Gasteiger partial charge in [-0.3, -0.25) is 4.79 Å². The Morgan fingerprint density at radius 3 is 2.57 bits per heavy atom. The Bertz CT molecular complexity index is 391. The molecular formula is C8H6ClNO4. The maximum absolute atomic E-state index is 10.7. The first-order chi connectivity index (χ1) is 6.50. The minimum absolute atomic E-state index is 0.0371. The van der Waals surface area contributed by atoms with E-state index in [4.69, 9.17) is 16.7 Å². The monoisotopic (exact) mass is 215 g/mol. The fourth-order valence-electron chi connectivity index (χ4n) is 0.784. The van der Waals surface area contributed by atoms with E-state index >= 15 is 0 Å². The number of phenols is 1. The minimum atomic E-state index is -1.63. The Hall–Kier alpha value is -1.75. The van der Waals surface area contributed by atoms with Crippen LogP contribution < -0.4 is 5.32 Å². The molecule has 1 aromatic carbocycles. The molecule has 0 fully saturated rings. The van der Waals surface area contributed by atoms with Gasteiger partial charge in [-0.15, -0.1) is 0 Å². The van der Waals surface area contributed by atoms with Gasteiger partial charge in [-0.05, 0) is 18.2 Å². The fourth-order valence-corrected chi connectivity index (χ4v) is 0.956. The molecule has 1 rings (SSSR count). The van der Waals surface area contributed by atoms with Gasteiger partial charge in [0.2, 0.25) is 0 Å². The van der Waals surface area contributed by atoms with Gasteiger partial charge in [0.1, 0.15) is 5.75 Å². The third kappa shape index (κ3) is 2.37. The fraction of sp³-hybridized carbons (Fsp3) is 0. The van der Waals surface area contributed by atoms with Gasteiger partial charge < -0.3 is 15.5 Å². The van der Waals surface area contributed by atoms with Gasteiger partial charge in [0.15, 0.2) is 0 Å². The molecule has 0 saturated carbocycles. The Morgan fingerprint density at radius 2 is 2.00 bits per heavy atom. The number of rotatable bonds is 1. The van der Waals surface area contributed by atoms with E-state index in [0.717, 1.165) is 0 Å². The molecule has 0 aliphatic rings. The maximum Gasteiger partial charge on any atom is 0.394 e. The number of phenolic OH excluding ortho intramolecular Hbond substituents is 1. The molecule has 5 nitrogen and oxygen atoms in total. The Balaban J connectivity index is 2.91. The van der Waals surface area contributed by atoms with Gasteiger partial charge in [-0.2, -0.15) is 0 Å². The highest BCUT2D eigenvalue weighted by Crippen LogP contribution is 2.26. The highest BCUT2D eigenvalue weighted by Gasteiger charge is 2.13. The molecular weight excluding hydrogens is 210 g/mol. The Kier molecular flexibility index (Phi) is 2.93. The zero-order valence-electron chi connectivity index (χ0n) is 6.82. The second kappa shape index (κ2) is 3.97. The number of aromatic hydroxyl groups is 1. The first-order valence-corrected chi connectivity index (χ1v) is 3.91. The predicted molar refractivity (Wildman–Crippen MR) is 49.4 cm³/mol. The second-order valence-electron chi connectivity index (χ2n) is 2.42. The SMILES string of the molecule is O=C(O)C(=O)Nc1cc(Cl)ccc1O. The number of hydrogen-bond acceptors (Lipinski definition) is 3. The van der Waals surface area contributed by atoms with Gasteiger partial charge in [-0.1, -0.05) is 11.6 Å². The van der Waals surface area contributed by atoms with Crippen molar-refractivity contribution in [1.82, 2.24) is 0 Å². The number of aliphatic carboxylic acids is 1. The Morgan fingerprint density at radius 1 is 1.36 bits per heavy atom. The molecule has 0 aliphatic carbocycles. The number of carbonyl (C=O) groups is 2. The van der Waals surface area contributed by atoms with Crippen LogP contribution in [-0.2, 0) is 9.59 Å². The van der Waals surface area contributed by atoms with E-state index in [1.165, 1.54) is 18.2 Å². The van der Waals surface area contributed by atoms with Crippen molar-refractivity contribution in [2.75, 3.05) is 5.32 Å². The summed E-state index contributed by atoms with van der Waals surface area (Å²) in [5.74, 6) is -3.11. The third-order valence-electron chi connectivity index (χ3n) is 1.40. The van der Waals surface area contributed by atoms with Crippen molar-refractivity contribution in [3.8, 4) is 5.75 Å². The topological polar surface area (TPSA) is 86.6 Å². The second-order valence-corrected chi connectivity index (χ2v) is 2.86. The molecule has 1 aromatic rings. The van der Waals surface area contributed by atoms with Crippen LogP contribution in [0.2, 0.25) is 5.02 Å². The average molecular weight is 216 g/mol. The number of halogens is 1. The molecule has 74 valence electrons. The van der Waals surface area contributed by atoms with E-state index in [0.29, 0.717) is 0 Å². The zero-order chi connectivity index (χ0) is 10.7. The number of carboxylic acids is 1. The lowest BCUT2D eigenvalue weighted by Crippen LogP contribution is -2.21. The van der Waals surface area contributed by atoms with Crippen molar-refractivity contribution in [3.63, 3.8) is 0 Å². The maximum atomic E-state index is 10.7. The molecule has 0 unspecified atom stereocenters. The molecule has 0 aliphatic heterocycles. The molecule has 0 heterocycles. The number of anilines is 1. The molecule has 0 atom stereocenters. The summed E-state index contributed by atoms with van der Waals surface area (Å²) in [5, 5.41) is 19.7. The summed E-state index contributed by atoms with van der Waals surface area (Å²) in [7, 11) is 0. The summed E-state index contributed by atoms with van der Waals surface area (Å²) in [5.41, 5.74) is -0.0371. The van der Waals surface area contributed by atoms with Crippen LogP contribution in [0.4, 0.5) is 5.69 Å². The molecule has 0 radical (unpaired) electrons. The number of hydrogen-bond donors (Lipinski definition) is 3. The van der Waals surface area contributed by atoms with Gasteiger partial charge in [-0.25, -0.2) is 4.79 Å². The highest BCUT2D eigenvalue weighted by atomic mass is 35.5. The third-order valence-corrected chi connectivity index (χ3v) is 1.64. The first-order valence-electron chi connectivity index (χ1n) is 3.53. The van der Waals surface area contributed by atoms with Crippen LogP contribution in [-0.4, -0.2) is 22.1 Å². The van der Waals surface area contributed by atoms with Crippen molar-refractivity contribution >= 4 is 29.2 Å². The van der Waals surface area contributed by atoms with Crippen LogP contribution in [0.3, 0.4) is 0 Å². The molecule has 14 heavy (non-hydrogen) atoms. The molecule has 0 spiro atoms. The van der Waals surface area contributed by atoms with Crippen LogP contribution in [0.5, 0.6) is 5.75 Å².